The molecule has 0 saturated carbocycles. The van der Waals surface area contributed by atoms with Gasteiger partial charge in [-0.15, -0.1) is 0 Å². The van der Waals surface area contributed by atoms with Gasteiger partial charge in [-0.2, -0.15) is 10.1 Å². The molecule has 0 amide bonds. The quantitative estimate of drug-likeness (QED) is 0.216. The van der Waals surface area contributed by atoms with Gasteiger partial charge in [0.2, 0.25) is 17.2 Å². The summed E-state index contributed by atoms with van der Waals surface area (Å²) in [4.78, 5) is 8.89. The van der Waals surface area contributed by atoms with Crippen LogP contribution in [0.1, 0.15) is 30.0 Å². The Hall–Kier alpha value is -3.09. The Kier molecular flexibility index (Phi) is 7.44. The van der Waals surface area contributed by atoms with Crippen LogP contribution in [0.2, 0.25) is 5.02 Å². The number of rotatable bonds is 8. The monoisotopic (exact) mass is 526 g/mol. The first-order chi connectivity index (χ1) is 17.5. The number of nitrogens with one attached hydrogen (secondary N) is 4. The third-order valence-corrected chi connectivity index (χ3v) is 6.93. The van der Waals surface area contributed by atoms with Crippen LogP contribution in [0.15, 0.2) is 48.7 Å². The van der Waals surface area contributed by atoms with Gasteiger partial charge in [-0.05, 0) is 55.8 Å². The molecule has 10 nitrogen and oxygen atoms in total. The molecule has 2 aromatic heterocycles. The Bertz CT molecular complexity index is 1410. The molecule has 1 unspecified atom stereocenters. The van der Waals surface area contributed by atoms with Gasteiger partial charge in [0.05, 0.1) is 17.4 Å². The minimum absolute atomic E-state index is 0.199. The summed E-state index contributed by atoms with van der Waals surface area (Å²) in [5.41, 5.74) is 4.54. The molecule has 1 saturated heterocycles. The molecule has 1 aliphatic rings. The molecule has 12 heteroatoms. The first-order valence-electron chi connectivity index (χ1n) is 11.6. The summed E-state index contributed by atoms with van der Waals surface area (Å²) in [5.74, 6) is 1.27. The number of fused-ring (bicyclic) bond motifs is 1. The third-order valence-electron chi connectivity index (χ3n) is 6.26. The molecule has 2 aromatic carbocycles. The van der Waals surface area contributed by atoms with E-state index in [9.17, 15) is 4.21 Å². The Morgan fingerprint density at radius 1 is 1.19 bits per heavy atom. The first kappa shape index (κ1) is 24.6. The van der Waals surface area contributed by atoms with Crippen LogP contribution in [0.5, 0.6) is 0 Å². The lowest BCUT2D eigenvalue weighted by atomic mass is 9.92. The summed E-state index contributed by atoms with van der Waals surface area (Å²) >= 11 is 4.26. The number of para-hydroxylation sites is 1. The fourth-order valence-corrected chi connectivity index (χ4v) is 4.88. The van der Waals surface area contributed by atoms with E-state index in [1.807, 2.05) is 48.1 Å². The lowest BCUT2D eigenvalue weighted by molar-refractivity contribution is 0.452. The molecule has 0 spiro atoms. The molecule has 5 rings (SSSR count). The van der Waals surface area contributed by atoms with Crippen molar-refractivity contribution in [2.75, 3.05) is 23.7 Å². The minimum atomic E-state index is -2.11. The third kappa shape index (κ3) is 5.50. The fraction of sp³-hybridized carbons (Fsp3) is 0.292. The van der Waals surface area contributed by atoms with Gasteiger partial charge in [0.1, 0.15) is 5.02 Å². The molecule has 5 N–H and O–H groups in total. The Balaban J connectivity index is 1.37. The number of aryl methyl sites for hydroxylation is 1. The number of piperidine rings is 1. The van der Waals surface area contributed by atoms with Gasteiger partial charge in [-0.25, -0.2) is 13.9 Å². The number of halogens is 1. The van der Waals surface area contributed by atoms with E-state index >= 15 is 0 Å². The van der Waals surface area contributed by atoms with E-state index in [-0.39, 0.29) is 6.54 Å². The number of benzene rings is 2. The van der Waals surface area contributed by atoms with Crippen LogP contribution in [0.4, 0.5) is 23.1 Å². The van der Waals surface area contributed by atoms with E-state index in [1.54, 1.807) is 0 Å². The van der Waals surface area contributed by atoms with Gasteiger partial charge >= 0.3 is 0 Å². The summed E-state index contributed by atoms with van der Waals surface area (Å²) < 4.78 is 24.5. The smallest absolute Gasteiger partial charge is 0.232 e. The topological polar surface area (TPSA) is 129 Å². The number of nitrogens with zero attached hydrogens (tertiary/aromatic N) is 4. The average molecular weight is 527 g/mol. The second-order valence-electron chi connectivity index (χ2n) is 8.63. The summed E-state index contributed by atoms with van der Waals surface area (Å²) in [7, 11) is 1.97. The van der Waals surface area contributed by atoms with Crippen molar-refractivity contribution in [1.82, 2.24) is 29.8 Å². The normalized spacial score (nSPS) is 15.2. The lowest BCUT2D eigenvalue weighted by Gasteiger charge is -2.21. The highest BCUT2D eigenvalue weighted by atomic mass is 35.5. The highest BCUT2D eigenvalue weighted by Gasteiger charge is 2.21. The first-order valence-corrected chi connectivity index (χ1v) is 13.1. The van der Waals surface area contributed by atoms with Crippen molar-refractivity contribution in [2.24, 2.45) is 7.05 Å². The van der Waals surface area contributed by atoms with E-state index in [2.05, 4.69) is 36.7 Å². The van der Waals surface area contributed by atoms with Crippen LogP contribution in [0, 0.1) is 0 Å². The Morgan fingerprint density at radius 3 is 2.81 bits per heavy atom. The molecule has 36 heavy (non-hydrogen) atoms. The largest absolute Gasteiger partial charge is 0.339 e. The van der Waals surface area contributed by atoms with Gasteiger partial charge in [0.25, 0.3) is 0 Å². The molecule has 1 atom stereocenters. The second-order valence-corrected chi connectivity index (χ2v) is 9.83. The van der Waals surface area contributed by atoms with Crippen molar-refractivity contribution >= 4 is 56.9 Å². The molecule has 4 aromatic rings. The minimum Gasteiger partial charge on any atom is -0.339 e. The molecular formula is C24H27ClN8O2S. The van der Waals surface area contributed by atoms with Crippen LogP contribution in [0.3, 0.4) is 0 Å². The summed E-state index contributed by atoms with van der Waals surface area (Å²) in [6.07, 6.45) is 3.72. The van der Waals surface area contributed by atoms with Crippen molar-refractivity contribution in [3.05, 3.63) is 64.9 Å². The molecule has 1 aliphatic heterocycles. The average Bonchev–Trinajstić information content (AvgIpc) is 3.22. The highest BCUT2D eigenvalue weighted by molar-refractivity contribution is 7.77. The SMILES string of the molecule is Cn1nc(C2CCNCC2)c2ccc(Nc3ncc(Cl)c(Nc4ccccc4CNS(=O)O)n3)cc21. The molecule has 188 valence electrons. The van der Waals surface area contributed by atoms with Crippen LogP contribution in [-0.4, -0.2) is 41.6 Å². The van der Waals surface area contributed by atoms with Crippen molar-refractivity contribution in [3.8, 4) is 0 Å². The standard InChI is InChI=1S/C24H27ClN8O2S/c1-33-21-12-17(6-7-18(21)22(32-33)15-8-10-26-11-9-15)29-24-27-14-19(25)23(31-24)30-20-5-3-2-4-16(20)13-28-36(34)35/h2-7,12,14-15,26,28H,8-11,13H2,1H3,(H,34,35)(H2,27,29,30,31). The second kappa shape index (κ2) is 10.9. The number of aromatic nitrogens is 4. The maximum atomic E-state index is 11.0. The highest BCUT2D eigenvalue weighted by Crippen LogP contribution is 2.32. The van der Waals surface area contributed by atoms with Crippen molar-refractivity contribution < 1.29 is 8.76 Å². The summed E-state index contributed by atoms with van der Waals surface area (Å²) in [6.45, 7) is 2.24. The number of hydrogen-bond donors (Lipinski definition) is 5. The van der Waals surface area contributed by atoms with Crippen LogP contribution in [0.25, 0.3) is 10.9 Å². The number of hydrogen-bond acceptors (Lipinski definition) is 7. The molecule has 0 radical (unpaired) electrons. The molecule has 0 bridgehead atoms. The van der Waals surface area contributed by atoms with E-state index in [4.69, 9.17) is 21.3 Å². The fourth-order valence-electron chi connectivity index (χ4n) is 4.47. The molecule has 1 fully saturated rings. The van der Waals surface area contributed by atoms with Gasteiger partial charge in [-0.3, -0.25) is 9.23 Å². The zero-order chi connectivity index (χ0) is 25.1. The van der Waals surface area contributed by atoms with Crippen LogP contribution < -0.4 is 20.7 Å². The predicted molar refractivity (Wildman–Crippen MR) is 143 cm³/mol. The zero-order valence-corrected chi connectivity index (χ0v) is 21.2. The lowest BCUT2D eigenvalue weighted by Crippen LogP contribution is -2.26. The Labute approximate surface area is 216 Å². The van der Waals surface area contributed by atoms with Gasteiger partial charge < -0.3 is 16.0 Å². The van der Waals surface area contributed by atoms with Crippen LogP contribution in [-0.2, 0) is 24.9 Å². The van der Waals surface area contributed by atoms with E-state index < -0.39 is 11.3 Å². The summed E-state index contributed by atoms with van der Waals surface area (Å²) in [6, 6.07) is 13.6. The van der Waals surface area contributed by atoms with Gasteiger partial charge in [0, 0.05) is 36.3 Å². The number of anilines is 4. The zero-order valence-electron chi connectivity index (χ0n) is 19.7. The van der Waals surface area contributed by atoms with Gasteiger partial charge in [-0.1, -0.05) is 29.8 Å². The molecular weight excluding hydrogens is 500 g/mol. The van der Waals surface area contributed by atoms with Crippen molar-refractivity contribution in [1.29, 1.82) is 0 Å². The maximum Gasteiger partial charge on any atom is 0.232 e. The van der Waals surface area contributed by atoms with Crippen molar-refractivity contribution in [3.63, 3.8) is 0 Å². The van der Waals surface area contributed by atoms with E-state index in [0.717, 1.165) is 48.4 Å². The summed E-state index contributed by atoms with van der Waals surface area (Å²) in [5, 5.41) is 16.2. The van der Waals surface area contributed by atoms with Crippen LogP contribution >= 0.6 is 11.6 Å². The van der Waals surface area contributed by atoms with Gasteiger partial charge in [0.15, 0.2) is 5.82 Å². The maximum absolute atomic E-state index is 11.0. The van der Waals surface area contributed by atoms with E-state index in [1.165, 1.54) is 11.6 Å². The van der Waals surface area contributed by atoms with E-state index in [0.29, 0.717) is 28.4 Å². The Morgan fingerprint density at radius 2 is 2.00 bits per heavy atom. The van der Waals surface area contributed by atoms with Crippen molar-refractivity contribution in [2.45, 2.75) is 25.3 Å². The molecule has 0 aliphatic carbocycles. The predicted octanol–water partition coefficient (Wildman–Crippen LogP) is 4.20. The molecule has 3 heterocycles.